The third-order valence-electron chi connectivity index (χ3n) is 10.5. The van der Waals surface area contributed by atoms with Crippen molar-refractivity contribution in [3.63, 3.8) is 0 Å². The van der Waals surface area contributed by atoms with Gasteiger partial charge in [-0.15, -0.1) is 0 Å². The summed E-state index contributed by atoms with van der Waals surface area (Å²) in [5.74, 6) is 0. The Hall–Kier alpha value is -6.50. The Morgan fingerprint density at radius 3 is 1.63 bits per heavy atom. The Morgan fingerprint density at radius 1 is 0.481 bits per heavy atom. The van der Waals surface area contributed by atoms with Crippen LogP contribution < -0.4 is 0 Å². The van der Waals surface area contributed by atoms with E-state index < -0.39 is 0 Å². The van der Waals surface area contributed by atoms with Crippen molar-refractivity contribution in [2.45, 2.75) is 12.8 Å². The maximum absolute atomic E-state index is 3.93. The summed E-state index contributed by atoms with van der Waals surface area (Å²) in [6, 6.07) is 57.7. The summed E-state index contributed by atoms with van der Waals surface area (Å²) in [6.07, 6.45) is 15.0. The maximum atomic E-state index is 3.93. The molecule has 0 N–H and O–H groups in total. The minimum Gasteiger partial charge on any atom is -0.0991 e. The van der Waals surface area contributed by atoms with Gasteiger partial charge in [0.15, 0.2) is 0 Å². The van der Waals surface area contributed by atoms with Crippen LogP contribution in [0.4, 0.5) is 0 Å². The zero-order valence-electron chi connectivity index (χ0n) is 29.1. The predicted octanol–water partition coefficient (Wildman–Crippen LogP) is 14.3. The van der Waals surface area contributed by atoms with Gasteiger partial charge in [0.25, 0.3) is 0 Å². The normalized spacial score (nSPS) is 12.9. The molecule has 0 saturated carbocycles. The van der Waals surface area contributed by atoms with Crippen molar-refractivity contribution >= 4 is 44.0 Å². The van der Waals surface area contributed by atoms with E-state index in [-0.39, 0.29) is 0 Å². The molecule has 0 unspecified atom stereocenters. The van der Waals surface area contributed by atoms with E-state index in [1.54, 1.807) is 0 Å². The highest BCUT2D eigenvalue weighted by atomic mass is 14.3. The minimum absolute atomic E-state index is 0.993. The van der Waals surface area contributed by atoms with Crippen molar-refractivity contribution < 1.29 is 0 Å². The molecule has 9 rings (SSSR count). The van der Waals surface area contributed by atoms with Crippen LogP contribution in [-0.4, -0.2) is 0 Å². The predicted molar refractivity (Wildman–Crippen MR) is 225 cm³/mol. The first-order valence-electron chi connectivity index (χ1n) is 18.2. The first-order valence-corrected chi connectivity index (χ1v) is 18.2. The van der Waals surface area contributed by atoms with Crippen LogP contribution in [0.2, 0.25) is 0 Å². The number of fused-ring (bicyclic) bond motifs is 4. The average molecular weight is 663 g/mol. The van der Waals surface area contributed by atoms with E-state index in [9.17, 15) is 0 Å². The molecule has 0 radical (unpaired) electrons. The van der Waals surface area contributed by atoms with E-state index in [2.05, 4.69) is 189 Å². The topological polar surface area (TPSA) is 0 Å². The summed E-state index contributed by atoms with van der Waals surface area (Å²) in [4.78, 5) is 0. The summed E-state index contributed by atoms with van der Waals surface area (Å²) in [5.41, 5.74) is 14.2. The molecule has 8 aromatic carbocycles. The molecule has 0 bridgehead atoms. The Labute approximate surface area is 306 Å². The van der Waals surface area contributed by atoms with E-state index in [0.717, 1.165) is 12.8 Å². The number of benzene rings is 8. The first kappa shape index (κ1) is 31.5. The van der Waals surface area contributed by atoms with Crippen molar-refractivity contribution in [3.05, 3.63) is 217 Å². The lowest BCUT2D eigenvalue weighted by atomic mass is 9.76. The van der Waals surface area contributed by atoms with Crippen molar-refractivity contribution in [3.8, 4) is 33.4 Å². The number of hydrogen-bond acceptors (Lipinski definition) is 0. The fourth-order valence-corrected chi connectivity index (χ4v) is 8.39. The second kappa shape index (κ2) is 13.7. The smallest absolute Gasteiger partial charge is 0.00140 e. The molecule has 0 amide bonds. The molecule has 8 aromatic rings. The fourth-order valence-electron chi connectivity index (χ4n) is 8.39. The highest BCUT2D eigenvalue weighted by Gasteiger charge is 2.26. The minimum atomic E-state index is 0.993. The number of hydrogen-bond donors (Lipinski definition) is 0. The van der Waals surface area contributed by atoms with Crippen LogP contribution in [0, 0.1) is 0 Å². The Bertz CT molecular complexity index is 2660. The third-order valence-corrected chi connectivity index (χ3v) is 10.5. The van der Waals surface area contributed by atoms with Gasteiger partial charge in [-0.25, -0.2) is 0 Å². The average Bonchev–Trinajstić information content (AvgIpc) is 3.22. The highest BCUT2D eigenvalue weighted by Crippen LogP contribution is 2.51. The zero-order valence-corrected chi connectivity index (χ0v) is 29.1. The van der Waals surface area contributed by atoms with E-state index in [4.69, 9.17) is 0 Å². The largest absolute Gasteiger partial charge is 0.0991 e. The van der Waals surface area contributed by atoms with Crippen LogP contribution >= 0.6 is 0 Å². The van der Waals surface area contributed by atoms with Gasteiger partial charge in [0, 0.05) is 0 Å². The van der Waals surface area contributed by atoms with Gasteiger partial charge in [-0.3, -0.25) is 0 Å². The van der Waals surface area contributed by atoms with Crippen LogP contribution in [0.3, 0.4) is 0 Å². The van der Waals surface area contributed by atoms with Crippen molar-refractivity contribution in [1.82, 2.24) is 0 Å². The highest BCUT2D eigenvalue weighted by molar-refractivity contribution is 6.24. The van der Waals surface area contributed by atoms with E-state index in [1.807, 2.05) is 12.2 Å². The molecule has 0 spiro atoms. The molecule has 1 aliphatic carbocycles. The molecule has 0 aromatic heterocycles. The summed E-state index contributed by atoms with van der Waals surface area (Å²) in [5, 5.41) is 7.58. The fraction of sp³-hybridized carbons (Fsp3) is 0.0385. The molecule has 246 valence electrons. The van der Waals surface area contributed by atoms with Gasteiger partial charge in [0.1, 0.15) is 0 Å². The van der Waals surface area contributed by atoms with Gasteiger partial charge in [0.05, 0.1) is 0 Å². The first-order chi connectivity index (χ1) is 25.8. The number of allylic oxidation sites excluding steroid dienone is 5. The lowest BCUT2D eigenvalue weighted by Crippen LogP contribution is -2.04. The summed E-state index contributed by atoms with van der Waals surface area (Å²) in [7, 11) is 0. The Balaban J connectivity index is 1.42. The van der Waals surface area contributed by atoms with Crippen LogP contribution in [-0.2, 0) is 6.42 Å². The van der Waals surface area contributed by atoms with Crippen LogP contribution in [0.5, 0.6) is 0 Å². The van der Waals surface area contributed by atoms with Crippen LogP contribution in [0.1, 0.15) is 28.7 Å². The summed E-state index contributed by atoms with van der Waals surface area (Å²) in [6.45, 7) is 3.93. The molecule has 0 aliphatic heterocycles. The molecular formula is C52H38. The zero-order chi connectivity index (χ0) is 34.9. The van der Waals surface area contributed by atoms with Gasteiger partial charge < -0.3 is 0 Å². The molecule has 52 heavy (non-hydrogen) atoms. The number of rotatable bonds is 7. The Morgan fingerprint density at radius 2 is 1.00 bits per heavy atom. The van der Waals surface area contributed by atoms with Crippen LogP contribution in [0.15, 0.2) is 195 Å². The molecule has 1 aliphatic rings. The second-order valence-corrected chi connectivity index (χ2v) is 13.4. The van der Waals surface area contributed by atoms with Crippen molar-refractivity contribution in [2.24, 2.45) is 0 Å². The van der Waals surface area contributed by atoms with Gasteiger partial charge in [-0.2, -0.15) is 0 Å². The third kappa shape index (κ3) is 5.32. The molecule has 0 fully saturated rings. The Kier molecular flexibility index (Phi) is 8.27. The van der Waals surface area contributed by atoms with Crippen molar-refractivity contribution in [2.75, 3.05) is 0 Å². The lowest BCUT2D eigenvalue weighted by molar-refractivity contribution is 0.992. The lowest BCUT2D eigenvalue weighted by Gasteiger charge is -2.27. The molecule has 0 saturated heterocycles. The summed E-state index contributed by atoms with van der Waals surface area (Å²) >= 11 is 0. The van der Waals surface area contributed by atoms with Crippen LogP contribution in [0.25, 0.3) is 77.3 Å². The summed E-state index contributed by atoms with van der Waals surface area (Å²) < 4.78 is 0. The van der Waals surface area contributed by atoms with Gasteiger partial charge in [-0.05, 0) is 106 Å². The molecule has 0 atom stereocenters. The monoisotopic (exact) mass is 662 g/mol. The van der Waals surface area contributed by atoms with E-state index in [0.29, 0.717) is 0 Å². The SMILES string of the molecule is C=C/C=C\C=C(/c1ccccc1)c1c2ccccc2c(-c2c3c(c(-c4ccccc4-c4ccccc4)c4ccccc24)CCC=C3)c2ccccc12. The van der Waals surface area contributed by atoms with Crippen molar-refractivity contribution in [1.29, 1.82) is 0 Å². The van der Waals surface area contributed by atoms with Gasteiger partial charge in [0.2, 0.25) is 0 Å². The molecular weight excluding hydrogens is 625 g/mol. The van der Waals surface area contributed by atoms with E-state index >= 15 is 0 Å². The van der Waals surface area contributed by atoms with E-state index in [1.165, 1.54) is 93.5 Å². The quantitative estimate of drug-likeness (QED) is 0.118. The van der Waals surface area contributed by atoms with Gasteiger partial charge in [-0.1, -0.05) is 201 Å². The maximum Gasteiger partial charge on any atom is -0.00140 e. The molecule has 0 heteroatoms. The molecule has 0 heterocycles. The second-order valence-electron chi connectivity index (χ2n) is 13.4. The molecule has 0 nitrogen and oxygen atoms in total. The van der Waals surface area contributed by atoms with Gasteiger partial charge >= 0.3 is 0 Å². The standard InChI is InChI=1S/C52H38/c1-2-3-6-26-39(37-23-9-5-10-24-37)49-41-28-13-17-32-45(41)51(46-33-18-14-29-42(46)49)52-47-34-19-15-30-43(47)50(44-31-16-20-35-48(44)52)40-27-12-11-25-38(40)36-21-7-4-8-22-36/h2-15,17-30,32-35H,1,16,31H2/b6-3-,39-26+.